The van der Waals surface area contributed by atoms with Crippen molar-refractivity contribution in [3.8, 4) is 0 Å². The standard InChI is InChI=1S/C11H10BrNO3/c1-16-11(15)6-10(13-7-14)8-2-4-9(12)5-3-8/h2-5,10H,6H2,1H3/t10-/m1/s1. The fourth-order valence-electron chi connectivity index (χ4n) is 1.23. The van der Waals surface area contributed by atoms with Crippen LogP contribution >= 0.6 is 15.9 Å². The van der Waals surface area contributed by atoms with Gasteiger partial charge >= 0.3 is 5.97 Å². The number of isocyanates is 1. The molecular weight excluding hydrogens is 274 g/mol. The van der Waals surface area contributed by atoms with Crippen molar-refractivity contribution in [2.75, 3.05) is 7.11 Å². The topological polar surface area (TPSA) is 55.7 Å². The molecule has 0 aliphatic rings. The molecule has 0 spiro atoms. The van der Waals surface area contributed by atoms with Crippen LogP contribution in [0.3, 0.4) is 0 Å². The Labute approximate surface area is 101 Å². The number of halogens is 1. The smallest absolute Gasteiger partial charge is 0.308 e. The molecule has 0 fully saturated rings. The second-order valence-corrected chi connectivity index (χ2v) is 3.98. The van der Waals surface area contributed by atoms with Crippen LogP contribution in [0.1, 0.15) is 18.0 Å². The molecule has 0 aliphatic heterocycles. The maximum Gasteiger partial charge on any atom is 0.308 e. The number of carbonyl (C=O) groups excluding carboxylic acids is 2. The number of carbonyl (C=O) groups is 1. The van der Waals surface area contributed by atoms with Crippen LogP contribution in [0, 0.1) is 0 Å². The summed E-state index contributed by atoms with van der Waals surface area (Å²) < 4.78 is 5.45. The van der Waals surface area contributed by atoms with E-state index in [2.05, 4.69) is 25.7 Å². The third kappa shape index (κ3) is 3.61. The molecule has 0 aliphatic carbocycles. The predicted octanol–water partition coefficient (Wildman–Crippen LogP) is 2.39. The molecule has 1 rings (SSSR count). The molecule has 1 aromatic carbocycles. The molecule has 0 radical (unpaired) electrons. The van der Waals surface area contributed by atoms with Gasteiger partial charge in [0, 0.05) is 4.47 Å². The normalized spacial score (nSPS) is 11.4. The van der Waals surface area contributed by atoms with E-state index < -0.39 is 12.0 Å². The largest absolute Gasteiger partial charge is 0.469 e. The maximum atomic E-state index is 11.1. The van der Waals surface area contributed by atoms with Crippen molar-refractivity contribution in [3.63, 3.8) is 0 Å². The number of methoxy groups -OCH3 is 1. The average Bonchev–Trinajstić information content (AvgIpc) is 2.29. The molecule has 0 saturated heterocycles. The fraction of sp³-hybridized carbons (Fsp3) is 0.273. The molecule has 0 unspecified atom stereocenters. The molecular formula is C11H10BrNO3. The van der Waals surface area contributed by atoms with Crippen molar-refractivity contribution < 1.29 is 14.3 Å². The van der Waals surface area contributed by atoms with Gasteiger partial charge in [-0.1, -0.05) is 28.1 Å². The van der Waals surface area contributed by atoms with Crippen LogP contribution in [-0.2, 0) is 14.3 Å². The number of benzene rings is 1. The summed E-state index contributed by atoms with van der Waals surface area (Å²) in [6.45, 7) is 0. The Kier molecular flexibility index (Phi) is 4.89. The van der Waals surface area contributed by atoms with E-state index in [0.717, 1.165) is 10.0 Å². The van der Waals surface area contributed by atoms with Crippen LogP contribution in [0.5, 0.6) is 0 Å². The summed E-state index contributed by atoms with van der Waals surface area (Å²) in [6, 6.07) is 6.69. The highest BCUT2D eigenvalue weighted by atomic mass is 79.9. The average molecular weight is 284 g/mol. The van der Waals surface area contributed by atoms with Crippen molar-refractivity contribution >= 4 is 28.0 Å². The van der Waals surface area contributed by atoms with Crippen molar-refractivity contribution in [2.24, 2.45) is 4.99 Å². The molecule has 0 saturated carbocycles. The number of esters is 1. The quantitative estimate of drug-likeness (QED) is 0.484. The third-order valence-corrected chi connectivity index (χ3v) is 2.58. The van der Waals surface area contributed by atoms with Crippen molar-refractivity contribution in [1.82, 2.24) is 0 Å². The summed E-state index contributed by atoms with van der Waals surface area (Å²) in [7, 11) is 1.30. The van der Waals surface area contributed by atoms with Crippen molar-refractivity contribution in [2.45, 2.75) is 12.5 Å². The zero-order valence-electron chi connectivity index (χ0n) is 8.64. The summed E-state index contributed by atoms with van der Waals surface area (Å²) in [4.78, 5) is 25.0. The highest BCUT2D eigenvalue weighted by Crippen LogP contribution is 2.23. The van der Waals surface area contributed by atoms with Crippen LogP contribution in [0.15, 0.2) is 33.7 Å². The fourth-order valence-corrected chi connectivity index (χ4v) is 1.49. The molecule has 0 bridgehead atoms. The van der Waals surface area contributed by atoms with Gasteiger partial charge < -0.3 is 4.74 Å². The predicted molar refractivity (Wildman–Crippen MR) is 61.6 cm³/mol. The molecule has 84 valence electrons. The number of ether oxygens (including phenoxy) is 1. The Bertz CT molecular complexity index is 410. The van der Waals surface area contributed by atoms with Gasteiger partial charge in [-0.2, -0.15) is 4.99 Å². The number of rotatable bonds is 4. The molecule has 1 atom stereocenters. The van der Waals surface area contributed by atoms with E-state index in [9.17, 15) is 9.59 Å². The minimum Gasteiger partial charge on any atom is -0.469 e. The van der Waals surface area contributed by atoms with Crippen LogP contribution in [0.4, 0.5) is 0 Å². The first-order chi connectivity index (χ1) is 7.67. The first-order valence-corrected chi connectivity index (χ1v) is 5.36. The van der Waals surface area contributed by atoms with Gasteiger partial charge in [-0.15, -0.1) is 0 Å². The minimum absolute atomic E-state index is 0.0351. The summed E-state index contributed by atoms with van der Waals surface area (Å²) >= 11 is 3.30. The molecule has 0 amide bonds. The molecule has 4 nitrogen and oxygen atoms in total. The van der Waals surface area contributed by atoms with Crippen LogP contribution in [0.2, 0.25) is 0 Å². The Morgan fingerprint density at radius 3 is 2.62 bits per heavy atom. The maximum absolute atomic E-state index is 11.1. The number of nitrogens with zero attached hydrogens (tertiary/aromatic N) is 1. The lowest BCUT2D eigenvalue weighted by Crippen LogP contribution is -2.06. The Morgan fingerprint density at radius 1 is 1.50 bits per heavy atom. The number of aliphatic imine (C=N–C) groups is 1. The SMILES string of the molecule is COC(=O)C[C@@H](N=C=O)c1ccc(Br)cc1. The molecule has 0 aromatic heterocycles. The van der Waals surface area contributed by atoms with Crippen LogP contribution in [0.25, 0.3) is 0 Å². The molecule has 0 N–H and O–H groups in total. The zero-order valence-corrected chi connectivity index (χ0v) is 10.2. The van der Waals surface area contributed by atoms with E-state index >= 15 is 0 Å². The van der Waals surface area contributed by atoms with Gasteiger partial charge in [0.1, 0.15) is 0 Å². The first kappa shape index (κ1) is 12.6. The van der Waals surface area contributed by atoms with Gasteiger partial charge in [0.25, 0.3) is 0 Å². The lowest BCUT2D eigenvalue weighted by Gasteiger charge is -2.09. The minimum atomic E-state index is -0.530. The van der Waals surface area contributed by atoms with Gasteiger partial charge in [0.15, 0.2) is 0 Å². The summed E-state index contributed by atoms with van der Waals surface area (Å²) in [5.41, 5.74) is 0.775. The van der Waals surface area contributed by atoms with Gasteiger partial charge in [0.05, 0.1) is 19.6 Å². The van der Waals surface area contributed by atoms with Gasteiger partial charge in [-0.05, 0) is 17.7 Å². The first-order valence-electron chi connectivity index (χ1n) is 4.56. The number of hydrogen-bond acceptors (Lipinski definition) is 4. The summed E-state index contributed by atoms with van der Waals surface area (Å²) in [5.74, 6) is -0.410. The van der Waals surface area contributed by atoms with E-state index in [1.54, 1.807) is 12.1 Å². The van der Waals surface area contributed by atoms with Gasteiger partial charge in [0.2, 0.25) is 6.08 Å². The van der Waals surface area contributed by atoms with E-state index in [-0.39, 0.29) is 6.42 Å². The molecule has 16 heavy (non-hydrogen) atoms. The third-order valence-electron chi connectivity index (χ3n) is 2.05. The van der Waals surface area contributed by atoms with Crippen molar-refractivity contribution in [1.29, 1.82) is 0 Å². The lowest BCUT2D eigenvalue weighted by atomic mass is 10.0. The second kappa shape index (κ2) is 6.20. The zero-order chi connectivity index (χ0) is 12.0. The van der Waals surface area contributed by atoms with Crippen LogP contribution < -0.4 is 0 Å². The molecule has 0 heterocycles. The molecule has 1 aromatic rings. The Morgan fingerprint density at radius 2 is 2.12 bits per heavy atom. The van der Waals surface area contributed by atoms with E-state index in [1.807, 2.05) is 12.1 Å². The van der Waals surface area contributed by atoms with Gasteiger partial charge in [-0.3, -0.25) is 4.79 Å². The highest BCUT2D eigenvalue weighted by molar-refractivity contribution is 9.10. The monoisotopic (exact) mass is 283 g/mol. The lowest BCUT2D eigenvalue weighted by molar-refractivity contribution is -0.141. The number of hydrogen-bond donors (Lipinski definition) is 0. The second-order valence-electron chi connectivity index (χ2n) is 3.07. The van der Waals surface area contributed by atoms with Crippen molar-refractivity contribution in [3.05, 3.63) is 34.3 Å². The Balaban J connectivity index is 2.89. The van der Waals surface area contributed by atoms with E-state index in [1.165, 1.54) is 13.2 Å². The van der Waals surface area contributed by atoms with E-state index in [4.69, 9.17) is 0 Å². The van der Waals surface area contributed by atoms with E-state index in [0.29, 0.717) is 0 Å². The summed E-state index contributed by atoms with van der Waals surface area (Å²) in [6.07, 6.45) is 1.50. The Hall–Kier alpha value is -1.45. The van der Waals surface area contributed by atoms with Crippen LogP contribution in [-0.4, -0.2) is 19.2 Å². The molecule has 5 heteroatoms. The van der Waals surface area contributed by atoms with Gasteiger partial charge in [-0.25, -0.2) is 4.79 Å². The summed E-state index contributed by atoms with van der Waals surface area (Å²) in [5, 5.41) is 0. The highest BCUT2D eigenvalue weighted by Gasteiger charge is 2.15.